The van der Waals surface area contributed by atoms with Gasteiger partial charge in [-0.1, -0.05) is 0 Å². The number of rotatable bonds is 3. The summed E-state index contributed by atoms with van der Waals surface area (Å²) < 4.78 is 8.71. The van der Waals surface area contributed by atoms with Crippen LogP contribution < -0.4 is 0 Å². The zero-order valence-corrected chi connectivity index (χ0v) is 9.00. The molecule has 0 aliphatic rings. The molecule has 0 aromatic carbocycles. The van der Waals surface area contributed by atoms with E-state index in [1.54, 1.807) is 0 Å². The summed E-state index contributed by atoms with van der Waals surface area (Å²) >= 11 is 0. The van der Waals surface area contributed by atoms with Crippen LogP contribution in [0.15, 0.2) is 12.3 Å². The lowest BCUT2D eigenvalue weighted by atomic mass is 10.2. The van der Waals surface area contributed by atoms with E-state index in [2.05, 4.69) is 14.5 Å². The maximum Gasteiger partial charge on any atom is 0.363 e. The molecule has 8 nitrogen and oxygen atoms in total. The van der Waals surface area contributed by atoms with Crippen molar-refractivity contribution >= 4 is 17.6 Å². The van der Waals surface area contributed by atoms with Gasteiger partial charge >= 0.3 is 17.6 Å². The number of carbonyl (C=O) groups excluding carboxylic acids is 2. The first-order valence-electron chi connectivity index (χ1n) is 4.32. The standard InChI is InChI=1S/C9H8N2O6/c1-16-8(12)5-3-6(11(14)15)7(10-4-5)9(13)17-2/h3-4H,1-2H3. The Morgan fingerprint density at radius 1 is 1.29 bits per heavy atom. The molecule has 0 N–H and O–H groups in total. The van der Waals surface area contributed by atoms with Crippen molar-refractivity contribution in [2.75, 3.05) is 14.2 Å². The fraction of sp³-hybridized carbons (Fsp3) is 0.222. The number of hydrogen-bond acceptors (Lipinski definition) is 7. The van der Waals surface area contributed by atoms with Gasteiger partial charge in [0.05, 0.1) is 24.7 Å². The molecule has 0 aliphatic heterocycles. The Hall–Kier alpha value is -2.51. The van der Waals surface area contributed by atoms with Crippen LogP contribution in [0.3, 0.4) is 0 Å². The molecule has 90 valence electrons. The normalized spacial score (nSPS) is 9.53. The Kier molecular flexibility index (Phi) is 3.70. The lowest BCUT2D eigenvalue weighted by Crippen LogP contribution is -2.11. The average molecular weight is 240 g/mol. The van der Waals surface area contributed by atoms with Crippen molar-refractivity contribution in [2.45, 2.75) is 0 Å². The second-order valence-corrected chi connectivity index (χ2v) is 2.83. The van der Waals surface area contributed by atoms with Gasteiger partial charge in [0, 0.05) is 12.3 Å². The number of hydrogen-bond donors (Lipinski definition) is 0. The maximum absolute atomic E-state index is 11.2. The van der Waals surface area contributed by atoms with Crippen LogP contribution in [-0.2, 0) is 9.47 Å². The molecule has 0 spiro atoms. The predicted octanol–water partition coefficient (Wildman–Crippen LogP) is 0.563. The van der Waals surface area contributed by atoms with E-state index in [0.29, 0.717) is 0 Å². The second kappa shape index (κ2) is 5.01. The summed E-state index contributed by atoms with van der Waals surface area (Å²) in [4.78, 5) is 35.7. The number of carbonyl (C=O) groups is 2. The zero-order valence-electron chi connectivity index (χ0n) is 9.00. The number of ether oxygens (including phenoxy) is 2. The molecule has 1 heterocycles. The van der Waals surface area contributed by atoms with Gasteiger partial charge in [0.15, 0.2) is 0 Å². The van der Waals surface area contributed by atoms with Gasteiger partial charge in [0.25, 0.3) is 0 Å². The van der Waals surface area contributed by atoms with E-state index in [1.807, 2.05) is 0 Å². The largest absolute Gasteiger partial charge is 0.465 e. The molecule has 0 bridgehead atoms. The molecule has 1 aromatic rings. The summed E-state index contributed by atoms with van der Waals surface area (Å²) in [6.45, 7) is 0. The van der Waals surface area contributed by atoms with Gasteiger partial charge in [-0.15, -0.1) is 0 Å². The number of methoxy groups -OCH3 is 2. The Morgan fingerprint density at radius 3 is 2.35 bits per heavy atom. The van der Waals surface area contributed by atoms with Crippen molar-refractivity contribution in [1.82, 2.24) is 4.98 Å². The van der Waals surface area contributed by atoms with Gasteiger partial charge < -0.3 is 9.47 Å². The third-order valence-electron chi connectivity index (χ3n) is 1.86. The second-order valence-electron chi connectivity index (χ2n) is 2.83. The van der Waals surface area contributed by atoms with E-state index in [9.17, 15) is 19.7 Å². The molecular weight excluding hydrogens is 232 g/mol. The van der Waals surface area contributed by atoms with E-state index < -0.39 is 28.2 Å². The highest BCUT2D eigenvalue weighted by atomic mass is 16.6. The predicted molar refractivity (Wildman–Crippen MR) is 53.6 cm³/mol. The van der Waals surface area contributed by atoms with Crippen molar-refractivity contribution in [3.8, 4) is 0 Å². The van der Waals surface area contributed by atoms with E-state index in [0.717, 1.165) is 26.5 Å². The summed E-state index contributed by atoms with van der Waals surface area (Å²) in [6, 6.07) is 0.908. The highest BCUT2D eigenvalue weighted by Gasteiger charge is 2.25. The summed E-state index contributed by atoms with van der Waals surface area (Å²) in [5.41, 5.74) is -1.20. The average Bonchev–Trinajstić information content (AvgIpc) is 2.35. The molecule has 0 fully saturated rings. The topological polar surface area (TPSA) is 109 Å². The summed E-state index contributed by atoms with van der Waals surface area (Å²) in [7, 11) is 2.20. The maximum atomic E-state index is 11.2. The number of esters is 2. The quantitative estimate of drug-likeness (QED) is 0.431. The molecule has 0 amide bonds. The van der Waals surface area contributed by atoms with E-state index >= 15 is 0 Å². The van der Waals surface area contributed by atoms with Crippen molar-refractivity contribution in [3.63, 3.8) is 0 Å². The van der Waals surface area contributed by atoms with Gasteiger partial charge in [-0.25, -0.2) is 14.6 Å². The molecule has 0 unspecified atom stereocenters. The Balaban J connectivity index is 3.32. The van der Waals surface area contributed by atoms with Crippen molar-refractivity contribution < 1.29 is 24.0 Å². The zero-order chi connectivity index (χ0) is 13.0. The number of nitro groups is 1. The van der Waals surface area contributed by atoms with E-state index in [-0.39, 0.29) is 5.56 Å². The van der Waals surface area contributed by atoms with E-state index in [1.165, 1.54) is 0 Å². The molecular formula is C9H8N2O6. The molecule has 8 heteroatoms. The fourth-order valence-corrected chi connectivity index (χ4v) is 1.08. The van der Waals surface area contributed by atoms with Crippen LogP contribution in [-0.4, -0.2) is 36.1 Å². The molecule has 0 saturated heterocycles. The minimum absolute atomic E-state index is 0.119. The molecule has 1 aromatic heterocycles. The first-order valence-corrected chi connectivity index (χ1v) is 4.32. The van der Waals surface area contributed by atoms with Gasteiger partial charge in [-0.2, -0.15) is 0 Å². The van der Waals surface area contributed by atoms with Crippen LogP contribution in [0.25, 0.3) is 0 Å². The lowest BCUT2D eigenvalue weighted by Gasteiger charge is -2.02. The van der Waals surface area contributed by atoms with Crippen LogP contribution in [0, 0.1) is 10.1 Å². The molecule has 17 heavy (non-hydrogen) atoms. The van der Waals surface area contributed by atoms with Crippen LogP contribution in [0.2, 0.25) is 0 Å². The first kappa shape index (κ1) is 12.6. The summed E-state index contributed by atoms with van der Waals surface area (Å²) in [6.07, 6.45) is 1.01. The smallest absolute Gasteiger partial charge is 0.363 e. The minimum Gasteiger partial charge on any atom is -0.465 e. The third kappa shape index (κ3) is 2.54. The highest BCUT2D eigenvalue weighted by molar-refractivity contribution is 5.95. The minimum atomic E-state index is -0.951. The van der Waals surface area contributed by atoms with Crippen molar-refractivity contribution in [2.24, 2.45) is 0 Å². The number of aromatic nitrogens is 1. The number of pyridine rings is 1. The number of nitrogens with zero attached hydrogens (tertiary/aromatic N) is 2. The molecule has 0 saturated carbocycles. The monoisotopic (exact) mass is 240 g/mol. The Morgan fingerprint density at radius 2 is 1.88 bits per heavy atom. The molecule has 0 radical (unpaired) electrons. The fourth-order valence-electron chi connectivity index (χ4n) is 1.08. The van der Waals surface area contributed by atoms with Gasteiger partial charge in [-0.05, 0) is 0 Å². The van der Waals surface area contributed by atoms with Crippen LogP contribution in [0.1, 0.15) is 20.8 Å². The Labute approximate surface area is 95.3 Å². The first-order chi connectivity index (χ1) is 8.01. The molecule has 0 atom stereocenters. The third-order valence-corrected chi connectivity index (χ3v) is 1.86. The SMILES string of the molecule is COC(=O)c1cnc(C(=O)OC)c([N+](=O)[O-])c1. The highest BCUT2D eigenvalue weighted by Crippen LogP contribution is 2.19. The molecule has 0 aliphatic carbocycles. The van der Waals surface area contributed by atoms with Crippen molar-refractivity contribution in [3.05, 3.63) is 33.6 Å². The van der Waals surface area contributed by atoms with Crippen LogP contribution >= 0.6 is 0 Å². The summed E-state index contributed by atoms with van der Waals surface area (Å²) in [5.74, 6) is -1.73. The Bertz CT molecular complexity index is 484. The van der Waals surface area contributed by atoms with Gasteiger partial charge in [0.2, 0.25) is 5.69 Å². The summed E-state index contributed by atoms with van der Waals surface area (Å²) in [5, 5.41) is 10.7. The lowest BCUT2D eigenvalue weighted by molar-refractivity contribution is -0.385. The van der Waals surface area contributed by atoms with Crippen LogP contribution in [0.5, 0.6) is 0 Å². The van der Waals surface area contributed by atoms with Gasteiger partial charge in [-0.3, -0.25) is 10.1 Å². The van der Waals surface area contributed by atoms with E-state index in [4.69, 9.17) is 0 Å². The van der Waals surface area contributed by atoms with Crippen LogP contribution in [0.4, 0.5) is 5.69 Å². The van der Waals surface area contributed by atoms with Gasteiger partial charge in [0.1, 0.15) is 0 Å². The molecule has 1 rings (SSSR count). The van der Waals surface area contributed by atoms with Crippen molar-refractivity contribution in [1.29, 1.82) is 0 Å².